The number of carboxylic acid groups (broad SMARTS) is 1. The molecule has 0 aromatic carbocycles. The lowest BCUT2D eigenvalue weighted by Gasteiger charge is -2.25. The summed E-state index contributed by atoms with van der Waals surface area (Å²) in [6.45, 7) is 0.470. The van der Waals surface area contributed by atoms with E-state index in [1.54, 1.807) is 0 Å². The molecule has 12 heavy (non-hydrogen) atoms. The monoisotopic (exact) mass is 173 g/mol. The Bertz CT molecular complexity index is 156. The SMILES string of the molecule is N[C@H](CCOC1CCC1)C(=O)O. The molecule has 3 N–H and O–H groups in total. The Kier molecular flexibility index (Phi) is 3.49. The van der Waals surface area contributed by atoms with E-state index in [1.807, 2.05) is 0 Å². The van der Waals surface area contributed by atoms with E-state index in [0.29, 0.717) is 19.1 Å². The second kappa shape index (κ2) is 4.42. The van der Waals surface area contributed by atoms with Gasteiger partial charge in [0, 0.05) is 6.61 Å². The van der Waals surface area contributed by atoms with E-state index in [0.717, 1.165) is 12.8 Å². The van der Waals surface area contributed by atoms with Crippen LogP contribution < -0.4 is 5.73 Å². The lowest BCUT2D eigenvalue weighted by molar-refractivity contribution is -0.139. The fourth-order valence-electron chi connectivity index (χ4n) is 1.02. The molecular formula is C8H15NO3. The van der Waals surface area contributed by atoms with Gasteiger partial charge in [0.15, 0.2) is 0 Å². The van der Waals surface area contributed by atoms with Crippen molar-refractivity contribution < 1.29 is 14.6 Å². The summed E-state index contributed by atoms with van der Waals surface area (Å²) in [7, 11) is 0. The number of ether oxygens (including phenoxy) is 1. The lowest BCUT2D eigenvalue weighted by atomic mass is 9.96. The molecular weight excluding hydrogens is 158 g/mol. The van der Waals surface area contributed by atoms with E-state index in [4.69, 9.17) is 15.6 Å². The smallest absolute Gasteiger partial charge is 0.320 e. The van der Waals surface area contributed by atoms with E-state index in [1.165, 1.54) is 6.42 Å². The van der Waals surface area contributed by atoms with Crippen molar-refractivity contribution in [1.29, 1.82) is 0 Å². The predicted molar refractivity (Wildman–Crippen MR) is 43.8 cm³/mol. The molecule has 1 atom stereocenters. The lowest BCUT2D eigenvalue weighted by Crippen LogP contribution is -2.32. The summed E-state index contributed by atoms with van der Waals surface area (Å²) in [4.78, 5) is 10.3. The van der Waals surface area contributed by atoms with Crippen LogP contribution in [0.1, 0.15) is 25.7 Å². The Morgan fingerprint density at radius 2 is 2.33 bits per heavy atom. The average Bonchev–Trinajstić information content (AvgIpc) is 1.93. The Balaban J connectivity index is 1.97. The van der Waals surface area contributed by atoms with Gasteiger partial charge in [-0.05, 0) is 25.7 Å². The van der Waals surface area contributed by atoms with E-state index in [9.17, 15) is 4.79 Å². The number of rotatable bonds is 5. The molecule has 1 aliphatic carbocycles. The second-order valence-electron chi connectivity index (χ2n) is 3.16. The summed E-state index contributed by atoms with van der Waals surface area (Å²) in [5, 5.41) is 8.44. The van der Waals surface area contributed by atoms with Crippen molar-refractivity contribution in [3.63, 3.8) is 0 Å². The molecule has 4 nitrogen and oxygen atoms in total. The van der Waals surface area contributed by atoms with Crippen molar-refractivity contribution in [2.75, 3.05) is 6.61 Å². The van der Waals surface area contributed by atoms with Gasteiger partial charge in [0.1, 0.15) is 6.04 Å². The largest absolute Gasteiger partial charge is 0.480 e. The van der Waals surface area contributed by atoms with Crippen molar-refractivity contribution in [2.45, 2.75) is 37.8 Å². The van der Waals surface area contributed by atoms with Crippen molar-refractivity contribution in [1.82, 2.24) is 0 Å². The second-order valence-corrected chi connectivity index (χ2v) is 3.16. The zero-order valence-corrected chi connectivity index (χ0v) is 7.03. The number of nitrogens with two attached hydrogens (primary N) is 1. The van der Waals surface area contributed by atoms with Crippen molar-refractivity contribution in [3.8, 4) is 0 Å². The standard InChI is InChI=1S/C8H15NO3/c9-7(8(10)11)4-5-12-6-2-1-3-6/h6-7H,1-5,9H2,(H,10,11)/t7-/m1/s1. The van der Waals surface area contributed by atoms with E-state index in [-0.39, 0.29) is 0 Å². The van der Waals surface area contributed by atoms with Gasteiger partial charge >= 0.3 is 5.97 Å². The number of carbonyl (C=O) groups is 1. The topological polar surface area (TPSA) is 72.5 Å². The Morgan fingerprint density at radius 1 is 1.67 bits per heavy atom. The Morgan fingerprint density at radius 3 is 2.75 bits per heavy atom. The summed E-state index contributed by atoms with van der Waals surface area (Å²) in [5.41, 5.74) is 5.28. The molecule has 0 aromatic rings. The predicted octanol–water partition coefficient (Wildman–Crippen LogP) is 0.357. The van der Waals surface area contributed by atoms with Crippen LogP contribution in [0.5, 0.6) is 0 Å². The molecule has 0 aromatic heterocycles. The maximum Gasteiger partial charge on any atom is 0.320 e. The van der Waals surface area contributed by atoms with Gasteiger partial charge in [0.05, 0.1) is 6.10 Å². The highest BCUT2D eigenvalue weighted by atomic mass is 16.5. The van der Waals surface area contributed by atoms with Crippen LogP contribution in [0.2, 0.25) is 0 Å². The summed E-state index contributed by atoms with van der Waals surface area (Å²) >= 11 is 0. The zero-order valence-electron chi connectivity index (χ0n) is 7.03. The van der Waals surface area contributed by atoms with E-state index >= 15 is 0 Å². The van der Waals surface area contributed by atoms with Gasteiger partial charge in [-0.1, -0.05) is 0 Å². The fraction of sp³-hybridized carbons (Fsp3) is 0.875. The molecule has 1 saturated carbocycles. The van der Waals surface area contributed by atoms with Crippen LogP contribution in [0.25, 0.3) is 0 Å². The average molecular weight is 173 g/mol. The van der Waals surface area contributed by atoms with Crippen LogP contribution in [0.15, 0.2) is 0 Å². The van der Waals surface area contributed by atoms with Crippen LogP contribution >= 0.6 is 0 Å². The highest BCUT2D eigenvalue weighted by molar-refractivity contribution is 5.72. The molecule has 0 amide bonds. The first-order chi connectivity index (χ1) is 5.70. The van der Waals surface area contributed by atoms with Gasteiger partial charge in [-0.15, -0.1) is 0 Å². The van der Waals surface area contributed by atoms with E-state index < -0.39 is 12.0 Å². The first-order valence-electron chi connectivity index (χ1n) is 4.30. The molecule has 1 rings (SSSR count). The van der Waals surface area contributed by atoms with Crippen molar-refractivity contribution in [3.05, 3.63) is 0 Å². The number of carboxylic acids is 1. The molecule has 0 spiro atoms. The third-order valence-electron chi connectivity index (χ3n) is 2.15. The fourth-order valence-corrected chi connectivity index (χ4v) is 1.02. The van der Waals surface area contributed by atoms with Crippen LogP contribution in [-0.4, -0.2) is 29.8 Å². The molecule has 1 fully saturated rings. The minimum atomic E-state index is -0.952. The summed E-state index contributed by atoms with van der Waals surface area (Å²) < 4.78 is 5.36. The number of aliphatic carboxylic acids is 1. The van der Waals surface area contributed by atoms with Gasteiger partial charge in [-0.3, -0.25) is 4.79 Å². The minimum absolute atomic E-state index is 0.367. The Hall–Kier alpha value is -0.610. The summed E-state index contributed by atoms with van der Waals surface area (Å²) in [6, 6.07) is -0.773. The summed E-state index contributed by atoms with van der Waals surface area (Å²) in [5.74, 6) is -0.952. The highest BCUT2D eigenvalue weighted by Gasteiger charge is 2.18. The van der Waals surface area contributed by atoms with Crippen molar-refractivity contribution in [2.24, 2.45) is 5.73 Å². The minimum Gasteiger partial charge on any atom is -0.480 e. The molecule has 0 saturated heterocycles. The van der Waals surface area contributed by atoms with Gasteiger partial charge in [0.25, 0.3) is 0 Å². The van der Waals surface area contributed by atoms with E-state index in [2.05, 4.69) is 0 Å². The maximum atomic E-state index is 10.3. The number of hydrogen-bond donors (Lipinski definition) is 2. The normalized spacial score (nSPS) is 20.1. The van der Waals surface area contributed by atoms with Crippen LogP contribution in [0, 0.1) is 0 Å². The van der Waals surface area contributed by atoms with Gasteiger partial charge in [-0.2, -0.15) is 0 Å². The molecule has 0 radical (unpaired) electrons. The molecule has 0 bridgehead atoms. The highest BCUT2D eigenvalue weighted by Crippen LogP contribution is 2.21. The molecule has 70 valence electrons. The van der Waals surface area contributed by atoms with Crippen LogP contribution in [0.3, 0.4) is 0 Å². The third kappa shape index (κ3) is 2.79. The van der Waals surface area contributed by atoms with Crippen molar-refractivity contribution >= 4 is 5.97 Å². The van der Waals surface area contributed by atoms with Gasteiger partial charge < -0.3 is 15.6 Å². The van der Waals surface area contributed by atoms with Crippen LogP contribution in [-0.2, 0) is 9.53 Å². The molecule has 4 heteroatoms. The van der Waals surface area contributed by atoms with Crippen LogP contribution in [0.4, 0.5) is 0 Å². The Labute approximate surface area is 71.7 Å². The first-order valence-corrected chi connectivity index (χ1v) is 4.30. The zero-order chi connectivity index (χ0) is 8.97. The summed E-state index contributed by atoms with van der Waals surface area (Å²) in [6.07, 6.45) is 4.23. The number of hydrogen-bond acceptors (Lipinski definition) is 3. The van der Waals surface area contributed by atoms with Gasteiger partial charge in [0.2, 0.25) is 0 Å². The molecule has 1 aliphatic rings. The molecule has 0 heterocycles. The maximum absolute atomic E-state index is 10.3. The first kappa shape index (κ1) is 9.48. The molecule has 0 unspecified atom stereocenters. The van der Waals surface area contributed by atoms with Gasteiger partial charge in [-0.25, -0.2) is 0 Å². The molecule has 0 aliphatic heterocycles. The quantitative estimate of drug-likeness (QED) is 0.629. The third-order valence-corrected chi connectivity index (χ3v) is 2.15.